The van der Waals surface area contributed by atoms with E-state index in [4.69, 9.17) is 9.47 Å². The maximum atomic E-state index is 14.0. The molecule has 5 unspecified atom stereocenters. The van der Waals surface area contributed by atoms with Gasteiger partial charge in [-0.05, 0) is 42.0 Å². The van der Waals surface area contributed by atoms with Gasteiger partial charge >= 0.3 is 5.97 Å². The van der Waals surface area contributed by atoms with Crippen molar-refractivity contribution in [2.75, 3.05) is 14.2 Å². The molecule has 7 rings (SSSR count). The van der Waals surface area contributed by atoms with Crippen molar-refractivity contribution in [3.63, 3.8) is 0 Å². The molecule has 5 nitrogen and oxygen atoms in total. The highest BCUT2D eigenvalue weighted by Crippen LogP contribution is 2.72. The number of aromatic nitrogens is 1. The molecule has 1 saturated carbocycles. The molecular weight excluding hydrogens is 470 g/mol. The number of hydrogen-bond acceptors (Lipinski definition) is 5. The zero-order valence-electron chi connectivity index (χ0n) is 20.5. The first-order chi connectivity index (χ1) is 17.5. The van der Waals surface area contributed by atoms with E-state index in [0.29, 0.717) is 23.3 Å². The van der Waals surface area contributed by atoms with Crippen molar-refractivity contribution in [3.8, 4) is 5.75 Å². The maximum absolute atomic E-state index is 14.0. The fourth-order valence-electron chi connectivity index (χ4n) is 7.23. The molecule has 1 saturated heterocycles. The van der Waals surface area contributed by atoms with E-state index >= 15 is 0 Å². The van der Waals surface area contributed by atoms with E-state index in [2.05, 4.69) is 42.0 Å². The largest absolute Gasteiger partial charge is 0.496 e. The molecule has 36 heavy (non-hydrogen) atoms. The number of fused-ring (bicyclic) bond motifs is 1. The number of carbonyl (C=O) groups excluding carboxylic acids is 2. The minimum absolute atomic E-state index is 0.00612. The van der Waals surface area contributed by atoms with Crippen LogP contribution in [0.1, 0.15) is 47.4 Å². The molecule has 3 aromatic rings. The first-order valence-corrected chi connectivity index (χ1v) is 13.3. The molecule has 0 spiro atoms. The Morgan fingerprint density at radius 3 is 2.56 bits per heavy atom. The van der Waals surface area contributed by atoms with Gasteiger partial charge in [-0.25, -0.2) is 0 Å². The topological polar surface area (TPSA) is 68.4 Å². The summed E-state index contributed by atoms with van der Waals surface area (Å²) >= 11 is 1.64. The number of nitrogens with one attached hydrogen (secondary N) is 1. The third-order valence-electron chi connectivity index (χ3n) is 8.70. The van der Waals surface area contributed by atoms with Crippen LogP contribution in [0.15, 0.2) is 73.6 Å². The van der Waals surface area contributed by atoms with Crippen molar-refractivity contribution in [2.45, 2.75) is 41.1 Å². The Hall–Kier alpha value is -3.25. The highest BCUT2D eigenvalue weighted by Gasteiger charge is 2.72. The van der Waals surface area contributed by atoms with Gasteiger partial charge < -0.3 is 14.5 Å². The molecule has 184 valence electrons. The molecule has 0 amide bonds. The number of hydrogen-bond donors (Lipinski definition) is 1. The maximum Gasteiger partial charge on any atom is 0.313 e. The van der Waals surface area contributed by atoms with Gasteiger partial charge in [0.2, 0.25) is 0 Å². The second-order valence-corrected chi connectivity index (χ2v) is 11.3. The molecule has 4 aliphatic rings. The van der Waals surface area contributed by atoms with E-state index in [1.807, 2.05) is 36.5 Å². The average molecular weight is 500 g/mol. The standard InChI is InChI=1S/C30H29NO4S/c1-18(20-11-7-8-12-24(20)34-2)26(32)25-15-30(28(33)35-3)22-13-14-29(27(30)36-25,19-9-5-4-6-10-19)23-17-31-16-21(22)23/h4-12,16-17,22,25,27,31H,1,13-15H2,2-3H3. The van der Waals surface area contributed by atoms with Crippen LogP contribution in [0.5, 0.6) is 5.75 Å². The van der Waals surface area contributed by atoms with Crippen LogP contribution in [-0.4, -0.2) is 41.5 Å². The summed E-state index contributed by atoms with van der Waals surface area (Å²) in [6.07, 6.45) is 6.38. The van der Waals surface area contributed by atoms with Crippen molar-refractivity contribution >= 4 is 29.1 Å². The summed E-state index contributed by atoms with van der Waals surface area (Å²) in [5.74, 6) is 0.369. The number of Topliss-reactive ketones (excluding diaryl/α,β-unsaturated/α-hetero) is 1. The fraction of sp³-hybridized carbons (Fsp3) is 0.333. The Morgan fingerprint density at radius 2 is 1.81 bits per heavy atom. The second kappa shape index (κ2) is 8.41. The number of allylic oxidation sites excluding steroid dienone is 1. The van der Waals surface area contributed by atoms with Crippen LogP contribution in [0.4, 0.5) is 0 Å². The number of esters is 1. The number of aromatic amines is 1. The van der Waals surface area contributed by atoms with Crippen LogP contribution in [-0.2, 0) is 19.7 Å². The van der Waals surface area contributed by atoms with E-state index in [-0.39, 0.29) is 28.3 Å². The summed E-state index contributed by atoms with van der Waals surface area (Å²) in [4.78, 5) is 31.1. The van der Waals surface area contributed by atoms with Crippen LogP contribution < -0.4 is 4.74 Å². The van der Waals surface area contributed by atoms with E-state index in [9.17, 15) is 9.59 Å². The van der Waals surface area contributed by atoms with Crippen LogP contribution >= 0.6 is 11.8 Å². The Labute approximate surface area is 215 Å². The highest BCUT2D eigenvalue weighted by molar-refractivity contribution is 8.01. The van der Waals surface area contributed by atoms with Crippen molar-refractivity contribution < 1.29 is 19.1 Å². The lowest BCUT2D eigenvalue weighted by molar-refractivity contribution is -0.158. The predicted octanol–water partition coefficient (Wildman–Crippen LogP) is 5.52. The van der Waals surface area contributed by atoms with Crippen LogP contribution in [0.2, 0.25) is 0 Å². The molecule has 1 aromatic heterocycles. The zero-order valence-corrected chi connectivity index (χ0v) is 21.3. The first kappa shape index (κ1) is 23.2. The van der Waals surface area contributed by atoms with Gasteiger partial charge in [0.05, 0.1) is 24.9 Å². The van der Waals surface area contributed by atoms with Crippen LogP contribution in [0, 0.1) is 5.41 Å². The third kappa shape index (κ3) is 2.91. The monoisotopic (exact) mass is 499 g/mol. The lowest BCUT2D eigenvalue weighted by Gasteiger charge is -2.58. The molecule has 5 atom stereocenters. The molecular formula is C30H29NO4S. The average Bonchev–Trinajstić information content (AvgIpc) is 3.60. The summed E-state index contributed by atoms with van der Waals surface area (Å²) < 4.78 is 11.0. The van der Waals surface area contributed by atoms with Gasteiger partial charge in [0, 0.05) is 40.1 Å². The Balaban J connectivity index is 1.48. The molecule has 2 heterocycles. The fourth-order valence-corrected chi connectivity index (χ4v) is 9.41. The summed E-state index contributed by atoms with van der Waals surface area (Å²) in [7, 11) is 3.06. The Bertz CT molecular complexity index is 1360. The molecule has 0 radical (unpaired) electrons. The number of rotatable bonds is 6. The van der Waals surface area contributed by atoms with Crippen LogP contribution in [0.3, 0.4) is 0 Å². The van der Waals surface area contributed by atoms with Gasteiger partial charge in [-0.1, -0.05) is 55.1 Å². The smallest absolute Gasteiger partial charge is 0.313 e. The zero-order chi connectivity index (χ0) is 25.1. The minimum Gasteiger partial charge on any atom is -0.496 e. The molecule has 6 heteroatoms. The van der Waals surface area contributed by atoms with Gasteiger partial charge in [-0.3, -0.25) is 9.59 Å². The van der Waals surface area contributed by atoms with Gasteiger partial charge in [-0.2, -0.15) is 0 Å². The number of para-hydroxylation sites is 1. The lowest BCUT2D eigenvalue weighted by atomic mass is 9.45. The van der Waals surface area contributed by atoms with Gasteiger partial charge in [0.25, 0.3) is 0 Å². The van der Waals surface area contributed by atoms with Gasteiger partial charge in [0.1, 0.15) is 5.75 Å². The van der Waals surface area contributed by atoms with Crippen molar-refractivity contribution in [3.05, 3.63) is 95.8 Å². The van der Waals surface area contributed by atoms with Gasteiger partial charge in [-0.15, -0.1) is 11.8 Å². The molecule has 3 aliphatic carbocycles. The normalized spacial score (nSPS) is 29.8. The molecule has 1 aliphatic heterocycles. The summed E-state index contributed by atoms with van der Waals surface area (Å²) in [6.45, 7) is 4.18. The van der Waals surface area contributed by atoms with E-state index in [0.717, 1.165) is 12.8 Å². The summed E-state index contributed by atoms with van der Waals surface area (Å²) in [6, 6.07) is 17.9. The third-order valence-corrected chi connectivity index (χ3v) is 10.5. The molecule has 1 N–H and O–H groups in total. The number of thioether (sulfide) groups is 1. The number of carbonyl (C=O) groups is 2. The Kier molecular flexibility index (Phi) is 5.41. The van der Waals surface area contributed by atoms with Gasteiger partial charge in [0.15, 0.2) is 5.78 Å². The Morgan fingerprint density at radius 1 is 1.06 bits per heavy atom. The quantitative estimate of drug-likeness (QED) is 0.357. The molecule has 2 bridgehead atoms. The lowest BCUT2D eigenvalue weighted by Crippen LogP contribution is -2.60. The highest BCUT2D eigenvalue weighted by atomic mass is 32.2. The SMILES string of the molecule is C=C(C(=O)C1CC2(C(=O)OC)C3CCC(c4ccccc4)(c4c[nH]cc43)C2S1)c1ccccc1OC. The van der Waals surface area contributed by atoms with E-state index in [1.165, 1.54) is 23.8 Å². The number of ketones is 1. The predicted molar refractivity (Wildman–Crippen MR) is 141 cm³/mol. The second-order valence-electron chi connectivity index (χ2n) is 10.0. The first-order valence-electron chi connectivity index (χ1n) is 12.3. The van der Waals surface area contributed by atoms with Crippen molar-refractivity contribution in [1.82, 2.24) is 4.98 Å². The van der Waals surface area contributed by atoms with E-state index in [1.54, 1.807) is 18.9 Å². The number of benzene rings is 2. The van der Waals surface area contributed by atoms with Crippen molar-refractivity contribution in [2.24, 2.45) is 5.41 Å². The summed E-state index contributed by atoms with van der Waals surface area (Å²) in [5.41, 5.74) is 3.56. The number of H-pyrrole nitrogens is 1. The summed E-state index contributed by atoms with van der Waals surface area (Å²) in [5, 5.41) is -0.524. The molecule has 2 fully saturated rings. The number of ether oxygens (including phenoxy) is 2. The van der Waals surface area contributed by atoms with E-state index < -0.39 is 10.7 Å². The van der Waals surface area contributed by atoms with Crippen molar-refractivity contribution in [1.29, 1.82) is 0 Å². The number of methoxy groups -OCH3 is 2. The molecule has 2 aromatic carbocycles. The van der Waals surface area contributed by atoms with Crippen LogP contribution in [0.25, 0.3) is 5.57 Å². The minimum atomic E-state index is -0.788.